The largest absolute Gasteiger partial charge is 0.465 e. The first-order valence-electron chi connectivity index (χ1n) is 10.3. The number of rotatable bonds is 7. The highest BCUT2D eigenvalue weighted by atomic mass is 16.7. The molecule has 10 heteroatoms. The molecule has 0 fully saturated rings. The summed E-state index contributed by atoms with van der Waals surface area (Å²) in [6, 6.07) is 3.43. The Morgan fingerprint density at radius 1 is 1.22 bits per heavy atom. The summed E-state index contributed by atoms with van der Waals surface area (Å²) in [5.74, 6) is 5.43. The number of carbonyl (C=O) groups excluding carboxylic acids is 2. The zero-order chi connectivity index (χ0) is 24.2. The second-order valence-electron chi connectivity index (χ2n) is 8.03. The molecular weight excluding hydrogens is 416 g/mol. The molecule has 0 unspecified atom stereocenters. The fraction of sp³-hybridized carbons (Fsp3) is 0.500. The molecule has 0 atom stereocenters. The van der Waals surface area contributed by atoms with E-state index in [0.717, 1.165) is 10.6 Å². The van der Waals surface area contributed by atoms with Crippen molar-refractivity contribution in [2.24, 2.45) is 5.90 Å². The summed E-state index contributed by atoms with van der Waals surface area (Å²) in [6.45, 7) is 11.0. The summed E-state index contributed by atoms with van der Waals surface area (Å²) in [5.41, 5.74) is 1.51. The van der Waals surface area contributed by atoms with E-state index in [1.54, 1.807) is 46.8 Å². The third-order valence-corrected chi connectivity index (χ3v) is 4.67. The zero-order valence-corrected chi connectivity index (χ0v) is 19.9. The number of hydrogen-bond donors (Lipinski definition) is 1. The van der Waals surface area contributed by atoms with Crippen LogP contribution >= 0.6 is 0 Å². The molecule has 0 saturated carbocycles. The Hall–Kier alpha value is -3.11. The topological polar surface area (TPSA) is 118 Å². The maximum Gasteiger partial charge on any atom is 0.423 e. The number of allylic oxidation sites excluding steroid dienone is 2. The van der Waals surface area contributed by atoms with Crippen LogP contribution in [0.5, 0.6) is 6.01 Å². The monoisotopic (exact) mass is 448 g/mol. The first-order chi connectivity index (χ1) is 15.0. The first-order valence-corrected chi connectivity index (χ1v) is 10.3. The van der Waals surface area contributed by atoms with E-state index < -0.39 is 17.6 Å². The molecule has 1 aromatic heterocycles. The first kappa shape index (κ1) is 25.2. The van der Waals surface area contributed by atoms with Crippen molar-refractivity contribution in [2.45, 2.75) is 53.6 Å². The Bertz CT molecular complexity index is 1040. The quantitative estimate of drug-likeness (QED) is 0.501. The molecule has 2 N–H and O–H groups in total. The van der Waals surface area contributed by atoms with Gasteiger partial charge < -0.3 is 14.3 Å². The molecule has 1 amide bonds. The molecule has 2 rings (SSSR count). The Kier molecular flexibility index (Phi) is 7.87. The van der Waals surface area contributed by atoms with Gasteiger partial charge in [-0.2, -0.15) is 15.4 Å². The van der Waals surface area contributed by atoms with E-state index in [4.69, 9.17) is 25.0 Å². The van der Waals surface area contributed by atoms with Gasteiger partial charge >= 0.3 is 12.1 Å². The molecule has 10 nitrogen and oxygen atoms in total. The molecule has 0 spiro atoms. The smallest absolute Gasteiger partial charge is 0.423 e. The lowest BCUT2D eigenvalue weighted by Crippen LogP contribution is -2.27. The van der Waals surface area contributed by atoms with Crippen molar-refractivity contribution in [3.05, 3.63) is 29.0 Å². The van der Waals surface area contributed by atoms with Crippen LogP contribution in [0.15, 0.2) is 17.9 Å². The van der Waals surface area contributed by atoms with Crippen LogP contribution in [-0.4, -0.2) is 53.0 Å². The molecule has 0 aliphatic rings. The highest BCUT2D eigenvalue weighted by Gasteiger charge is 2.28. The predicted octanol–water partition coefficient (Wildman–Crippen LogP) is 3.88. The minimum atomic E-state index is -0.748. The number of benzene rings is 1. The minimum Gasteiger partial charge on any atom is -0.465 e. The van der Waals surface area contributed by atoms with Gasteiger partial charge in [0.2, 0.25) is 0 Å². The maximum atomic E-state index is 13.1. The van der Waals surface area contributed by atoms with Gasteiger partial charge in [0.05, 0.1) is 24.8 Å². The van der Waals surface area contributed by atoms with Crippen molar-refractivity contribution in [3.63, 3.8) is 0 Å². The standard InChI is InChI=1S/C22H32N4O6/c1-9-15(13(3)32-23)14-11-16(19(27)25(7)29-8)18-17(12-14)26(20(24-18)30-10-2)21(28)31-22(4,5)6/h11-12H,9-10,23H2,1-8H3/b15-13+. The summed E-state index contributed by atoms with van der Waals surface area (Å²) < 4.78 is 12.4. The van der Waals surface area contributed by atoms with Crippen LogP contribution in [0, 0.1) is 0 Å². The van der Waals surface area contributed by atoms with Gasteiger partial charge in [-0.1, -0.05) is 6.92 Å². The van der Waals surface area contributed by atoms with E-state index >= 15 is 0 Å². The fourth-order valence-corrected chi connectivity index (χ4v) is 3.18. The van der Waals surface area contributed by atoms with Gasteiger partial charge in [-0.15, -0.1) is 0 Å². The normalized spacial score (nSPS) is 12.4. The summed E-state index contributed by atoms with van der Waals surface area (Å²) >= 11 is 0. The van der Waals surface area contributed by atoms with Crippen molar-refractivity contribution in [1.29, 1.82) is 0 Å². The van der Waals surface area contributed by atoms with Gasteiger partial charge in [0.15, 0.2) is 0 Å². The van der Waals surface area contributed by atoms with Crippen LogP contribution in [-0.2, 0) is 14.4 Å². The third-order valence-electron chi connectivity index (χ3n) is 4.67. The van der Waals surface area contributed by atoms with Crippen LogP contribution in [0.2, 0.25) is 0 Å². The molecule has 0 saturated heterocycles. The van der Waals surface area contributed by atoms with Gasteiger partial charge in [-0.3, -0.25) is 9.63 Å². The van der Waals surface area contributed by atoms with E-state index in [2.05, 4.69) is 4.98 Å². The van der Waals surface area contributed by atoms with Gasteiger partial charge in [-0.25, -0.2) is 9.86 Å². The number of carbonyl (C=O) groups is 2. The summed E-state index contributed by atoms with van der Waals surface area (Å²) in [5, 5.41) is 1.08. The highest BCUT2D eigenvalue weighted by molar-refractivity contribution is 6.07. The van der Waals surface area contributed by atoms with Crippen molar-refractivity contribution < 1.29 is 28.7 Å². The van der Waals surface area contributed by atoms with E-state index in [1.165, 1.54) is 18.7 Å². The van der Waals surface area contributed by atoms with Gasteiger partial charge in [-0.05, 0) is 64.3 Å². The number of hydrogen-bond acceptors (Lipinski definition) is 8. The Morgan fingerprint density at radius 3 is 2.38 bits per heavy atom. The van der Waals surface area contributed by atoms with Crippen LogP contribution in [0.25, 0.3) is 16.6 Å². The number of amides is 1. The fourth-order valence-electron chi connectivity index (χ4n) is 3.18. The zero-order valence-electron chi connectivity index (χ0n) is 19.9. The van der Waals surface area contributed by atoms with Crippen molar-refractivity contribution in [1.82, 2.24) is 14.6 Å². The van der Waals surface area contributed by atoms with E-state index in [-0.39, 0.29) is 23.7 Å². The van der Waals surface area contributed by atoms with Crippen LogP contribution in [0.1, 0.15) is 63.9 Å². The van der Waals surface area contributed by atoms with Crippen molar-refractivity contribution >= 4 is 28.6 Å². The average Bonchev–Trinajstić information content (AvgIpc) is 3.09. The van der Waals surface area contributed by atoms with E-state index in [0.29, 0.717) is 23.3 Å². The van der Waals surface area contributed by atoms with Gasteiger partial charge in [0.1, 0.15) is 16.9 Å². The Morgan fingerprint density at radius 2 is 1.88 bits per heavy atom. The lowest BCUT2D eigenvalue weighted by Gasteiger charge is -2.20. The summed E-state index contributed by atoms with van der Waals surface area (Å²) in [4.78, 5) is 40.7. The number of aromatic nitrogens is 2. The average molecular weight is 449 g/mol. The third kappa shape index (κ3) is 5.20. The Labute approximate surface area is 187 Å². The summed E-state index contributed by atoms with van der Waals surface area (Å²) in [7, 11) is 2.87. The molecule has 1 aromatic carbocycles. The molecule has 0 aliphatic heterocycles. The second kappa shape index (κ2) is 10.0. The Balaban J connectivity index is 2.94. The highest BCUT2D eigenvalue weighted by Crippen LogP contribution is 2.32. The van der Waals surface area contributed by atoms with E-state index in [9.17, 15) is 9.59 Å². The molecule has 0 bridgehead atoms. The van der Waals surface area contributed by atoms with Crippen LogP contribution < -0.4 is 10.6 Å². The second-order valence-corrected chi connectivity index (χ2v) is 8.03. The molecule has 0 aliphatic carbocycles. The van der Waals surface area contributed by atoms with E-state index in [1.807, 2.05) is 6.92 Å². The van der Waals surface area contributed by atoms with Crippen molar-refractivity contribution in [2.75, 3.05) is 20.8 Å². The number of ether oxygens (including phenoxy) is 2. The molecule has 0 radical (unpaired) electrons. The van der Waals surface area contributed by atoms with Gasteiger partial charge in [0.25, 0.3) is 5.91 Å². The number of nitrogens with zero attached hydrogens (tertiary/aromatic N) is 3. The number of nitrogens with two attached hydrogens (primary N) is 1. The molecule has 176 valence electrons. The number of hydroxylamine groups is 2. The van der Waals surface area contributed by atoms with Crippen LogP contribution in [0.3, 0.4) is 0 Å². The predicted molar refractivity (Wildman–Crippen MR) is 120 cm³/mol. The lowest BCUT2D eigenvalue weighted by atomic mass is 9.98. The molecule has 2 aromatic rings. The SMILES string of the molecule is CCOc1nc2c(C(=O)N(C)OC)cc(/C(CC)=C(\C)ON)cc2n1C(=O)OC(C)(C)C. The molecule has 32 heavy (non-hydrogen) atoms. The molecular formula is C22H32N4O6. The van der Waals surface area contributed by atoms with Crippen molar-refractivity contribution in [3.8, 4) is 6.01 Å². The summed E-state index contributed by atoms with van der Waals surface area (Å²) in [6.07, 6.45) is -0.103. The number of fused-ring (bicyclic) bond motifs is 1. The van der Waals surface area contributed by atoms with Crippen LogP contribution in [0.4, 0.5) is 4.79 Å². The maximum absolute atomic E-state index is 13.1. The lowest BCUT2D eigenvalue weighted by molar-refractivity contribution is -0.0755. The number of imidazole rings is 1. The minimum absolute atomic E-state index is 0.0249. The molecule has 1 heterocycles. The van der Waals surface area contributed by atoms with Gasteiger partial charge in [0, 0.05) is 7.05 Å².